The summed E-state index contributed by atoms with van der Waals surface area (Å²) in [5.74, 6) is -0.667. The summed E-state index contributed by atoms with van der Waals surface area (Å²) >= 11 is 0. The largest absolute Gasteiger partial charge is 0.416 e. The first-order valence-corrected chi connectivity index (χ1v) is 14.8. The number of halogens is 3. The van der Waals surface area contributed by atoms with Crippen molar-refractivity contribution in [2.75, 3.05) is 37.0 Å². The van der Waals surface area contributed by atoms with Crippen molar-refractivity contribution < 1.29 is 34.8 Å². The highest BCUT2D eigenvalue weighted by Gasteiger charge is 2.35. The summed E-state index contributed by atoms with van der Waals surface area (Å²) in [6.45, 7) is 1.02. The third-order valence-electron chi connectivity index (χ3n) is 6.32. The van der Waals surface area contributed by atoms with Crippen LogP contribution in [0.25, 0.3) is 0 Å². The zero-order chi connectivity index (χ0) is 28.4. The van der Waals surface area contributed by atoms with Gasteiger partial charge in [0.1, 0.15) is 6.54 Å². The fourth-order valence-electron chi connectivity index (χ4n) is 4.13. The van der Waals surface area contributed by atoms with Gasteiger partial charge in [0.2, 0.25) is 15.9 Å². The van der Waals surface area contributed by atoms with Crippen molar-refractivity contribution in [3.05, 3.63) is 90.0 Å². The van der Waals surface area contributed by atoms with Crippen LogP contribution < -0.4 is 4.31 Å². The first-order valence-electron chi connectivity index (χ1n) is 11.9. The van der Waals surface area contributed by atoms with E-state index in [1.54, 1.807) is 18.2 Å². The van der Waals surface area contributed by atoms with Crippen molar-refractivity contribution in [2.24, 2.45) is 0 Å². The lowest BCUT2D eigenvalue weighted by Crippen LogP contribution is -2.53. The van der Waals surface area contributed by atoms with E-state index in [9.17, 15) is 34.8 Å². The van der Waals surface area contributed by atoms with Gasteiger partial charge in [-0.05, 0) is 49.4 Å². The van der Waals surface area contributed by atoms with E-state index in [1.807, 2.05) is 6.92 Å². The van der Waals surface area contributed by atoms with Crippen LogP contribution in [0.3, 0.4) is 0 Å². The molecular formula is C26H26F3N3O5S2. The normalized spacial score (nSPS) is 15.2. The Labute approximate surface area is 225 Å². The third-order valence-corrected chi connectivity index (χ3v) is 10.0. The van der Waals surface area contributed by atoms with Gasteiger partial charge in [-0.3, -0.25) is 9.10 Å². The fraction of sp³-hybridized carbons (Fsp3) is 0.269. The molecule has 0 saturated carbocycles. The maximum absolute atomic E-state index is 13.5. The Kier molecular flexibility index (Phi) is 8.05. The molecule has 3 aromatic carbocycles. The van der Waals surface area contributed by atoms with Gasteiger partial charge in [-0.2, -0.15) is 17.5 Å². The Hall–Kier alpha value is -3.42. The number of hydrogen-bond donors (Lipinski definition) is 0. The molecule has 0 spiro atoms. The molecule has 1 aliphatic rings. The van der Waals surface area contributed by atoms with Crippen LogP contribution in [-0.4, -0.2) is 64.7 Å². The molecule has 1 heterocycles. The Morgan fingerprint density at radius 2 is 1.44 bits per heavy atom. The molecular weight excluding hydrogens is 555 g/mol. The highest BCUT2D eigenvalue weighted by Crippen LogP contribution is 2.33. The number of nitrogens with zero attached hydrogens (tertiary/aromatic N) is 3. The van der Waals surface area contributed by atoms with Gasteiger partial charge in [-0.15, -0.1) is 0 Å². The Balaban J connectivity index is 1.56. The molecule has 8 nitrogen and oxygen atoms in total. The van der Waals surface area contributed by atoms with Gasteiger partial charge in [0, 0.05) is 26.2 Å². The zero-order valence-corrected chi connectivity index (χ0v) is 22.5. The molecule has 0 aliphatic carbocycles. The molecule has 1 saturated heterocycles. The number of carbonyl (C=O) groups excluding carboxylic acids is 1. The van der Waals surface area contributed by atoms with Gasteiger partial charge < -0.3 is 4.90 Å². The van der Waals surface area contributed by atoms with Crippen molar-refractivity contribution in [3.63, 3.8) is 0 Å². The minimum atomic E-state index is -4.72. The zero-order valence-electron chi connectivity index (χ0n) is 20.9. The van der Waals surface area contributed by atoms with Gasteiger partial charge in [-0.1, -0.05) is 42.0 Å². The number of carbonyl (C=O) groups is 1. The lowest BCUT2D eigenvalue weighted by molar-refractivity contribution is -0.137. The minimum absolute atomic E-state index is 0.00819. The number of alkyl halides is 3. The molecule has 0 aromatic heterocycles. The number of anilines is 1. The smallest absolute Gasteiger partial charge is 0.338 e. The number of benzene rings is 3. The van der Waals surface area contributed by atoms with Crippen LogP contribution >= 0.6 is 0 Å². The monoisotopic (exact) mass is 581 g/mol. The van der Waals surface area contributed by atoms with Gasteiger partial charge in [0.15, 0.2) is 0 Å². The molecule has 13 heteroatoms. The standard InChI is InChI=1S/C26H26F3N3O5S2/c1-20-10-12-24(13-11-20)38(34,35)31-16-14-30(15-17-31)25(33)19-32(39(36,37)23-8-3-2-4-9-23)22-7-5-6-21(18-22)26(27,28)29/h2-13,18H,14-17,19H2,1H3. The molecule has 0 unspecified atom stereocenters. The predicted octanol–water partition coefficient (Wildman–Crippen LogP) is 3.74. The van der Waals surface area contributed by atoms with E-state index in [4.69, 9.17) is 0 Å². The van der Waals surface area contributed by atoms with Gasteiger partial charge >= 0.3 is 6.18 Å². The lowest BCUT2D eigenvalue weighted by Gasteiger charge is -2.35. The minimum Gasteiger partial charge on any atom is -0.338 e. The summed E-state index contributed by atoms with van der Waals surface area (Å²) in [5, 5.41) is 0. The van der Waals surface area contributed by atoms with E-state index in [1.165, 1.54) is 51.7 Å². The van der Waals surface area contributed by atoms with Crippen LogP contribution in [0.5, 0.6) is 0 Å². The molecule has 0 bridgehead atoms. The summed E-state index contributed by atoms with van der Waals surface area (Å²) in [6.07, 6.45) is -4.72. The van der Waals surface area contributed by atoms with Crippen LogP contribution in [0.4, 0.5) is 18.9 Å². The molecule has 0 N–H and O–H groups in total. The highest BCUT2D eigenvalue weighted by atomic mass is 32.2. The Morgan fingerprint density at radius 1 is 0.821 bits per heavy atom. The SMILES string of the molecule is Cc1ccc(S(=O)(=O)N2CCN(C(=O)CN(c3cccc(C(F)(F)F)c3)S(=O)(=O)c3ccccc3)CC2)cc1. The Morgan fingerprint density at radius 3 is 2.03 bits per heavy atom. The molecule has 3 aromatic rings. The number of sulfonamides is 2. The van der Waals surface area contributed by atoms with E-state index in [0.717, 1.165) is 17.7 Å². The lowest BCUT2D eigenvalue weighted by atomic mass is 10.2. The van der Waals surface area contributed by atoms with Crippen LogP contribution in [-0.2, 0) is 31.0 Å². The van der Waals surface area contributed by atoms with Crippen LogP contribution in [0.2, 0.25) is 0 Å². The molecule has 0 atom stereocenters. The summed E-state index contributed by atoms with van der Waals surface area (Å²) in [5.41, 5.74) is -0.474. The third kappa shape index (κ3) is 6.26. The quantitative estimate of drug-likeness (QED) is 0.424. The van der Waals surface area contributed by atoms with Crippen molar-refractivity contribution >= 4 is 31.6 Å². The molecule has 0 radical (unpaired) electrons. The van der Waals surface area contributed by atoms with E-state index in [0.29, 0.717) is 10.4 Å². The Bertz CT molecular complexity index is 1540. The summed E-state index contributed by atoms with van der Waals surface area (Å²) < 4.78 is 94.9. The molecule has 208 valence electrons. The summed E-state index contributed by atoms with van der Waals surface area (Å²) in [7, 11) is -8.20. The number of piperazine rings is 1. The maximum atomic E-state index is 13.5. The summed E-state index contributed by atoms with van der Waals surface area (Å²) in [6, 6.07) is 17.2. The second-order valence-corrected chi connectivity index (χ2v) is 12.8. The second-order valence-electron chi connectivity index (χ2n) is 8.97. The average molecular weight is 582 g/mol. The van der Waals surface area contributed by atoms with Crippen LogP contribution in [0, 0.1) is 6.92 Å². The van der Waals surface area contributed by atoms with Gasteiger partial charge in [0.25, 0.3) is 10.0 Å². The van der Waals surface area contributed by atoms with Gasteiger partial charge in [-0.25, -0.2) is 16.8 Å². The predicted molar refractivity (Wildman–Crippen MR) is 139 cm³/mol. The van der Waals surface area contributed by atoms with Crippen molar-refractivity contribution in [3.8, 4) is 0 Å². The van der Waals surface area contributed by atoms with Crippen molar-refractivity contribution in [2.45, 2.75) is 22.9 Å². The number of rotatable bonds is 7. The van der Waals surface area contributed by atoms with E-state index < -0.39 is 44.2 Å². The van der Waals surface area contributed by atoms with E-state index in [2.05, 4.69) is 0 Å². The topological polar surface area (TPSA) is 95.1 Å². The molecule has 1 amide bonds. The van der Waals surface area contributed by atoms with E-state index >= 15 is 0 Å². The van der Waals surface area contributed by atoms with Crippen molar-refractivity contribution in [1.29, 1.82) is 0 Å². The van der Waals surface area contributed by atoms with E-state index in [-0.39, 0.29) is 41.7 Å². The number of amides is 1. The first kappa shape index (κ1) is 28.6. The second kappa shape index (κ2) is 11.0. The number of hydrogen-bond acceptors (Lipinski definition) is 5. The van der Waals surface area contributed by atoms with Crippen LogP contribution in [0.1, 0.15) is 11.1 Å². The molecule has 1 aliphatic heterocycles. The van der Waals surface area contributed by atoms with Crippen molar-refractivity contribution in [1.82, 2.24) is 9.21 Å². The highest BCUT2D eigenvalue weighted by molar-refractivity contribution is 7.92. The number of aryl methyl sites for hydroxylation is 1. The summed E-state index contributed by atoms with van der Waals surface area (Å²) in [4.78, 5) is 14.5. The van der Waals surface area contributed by atoms with Crippen LogP contribution in [0.15, 0.2) is 88.7 Å². The fourth-order valence-corrected chi connectivity index (χ4v) is 6.98. The maximum Gasteiger partial charge on any atom is 0.416 e. The average Bonchev–Trinajstić information content (AvgIpc) is 2.92. The van der Waals surface area contributed by atoms with Gasteiger partial charge in [0.05, 0.1) is 21.0 Å². The first-order chi connectivity index (χ1) is 18.3. The molecule has 4 rings (SSSR count). The molecule has 39 heavy (non-hydrogen) atoms. The molecule has 1 fully saturated rings.